The second kappa shape index (κ2) is 8.34. The highest BCUT2D eigenvalue weighted by atomic mass is 16.5. The Balaban J connectivity index is 2.25. The van der Waals surface area contributed by atoms with Gasteiger partial charge in [0.05, 0.1) is 19.2 Å². The quantitative estimate of drug-likeness (QED) is 0.499. The molecule has 0 spiro atoms. The Hall–Kier alpha value is -3.55. The molecule has 0 radical (unpaired) electrons. The zero-order chi connectivity index (χ0) is 18.2. The van der Waals surface area contributed by atoms with E-state index in [1.165, 1.54) is 11.8 Å². The van der Waals surface area contributed by atoms with Crippen LogP contribution in [0.25, 0.3) is 5.70 Å². The highest BCUT2D eigenvalue weighted by Gasteiger charge is 2.09. The predicted molar refractivity (Wildman–Crippen MR) is 97.5 cm³/mol. The lowest BCUT2D eigenvalue weighted by Crippen LogP contribution is -2.11. The summed E-state index contributed by atoms with van der Waals surface area (Å²) < 4.78 is 6.52. The van der Waals surface area contributed by atoms with Crippen LogP contribution in [-0.4, -0.2) is 27.8 Å². The number of para-hydroxylation sites is 1. The van der Waals surface area contributed by atoms with E-state index in [1.807, 2.05) is 30.3 Å². The van der Waals surface area contributed by atoms with Gasteiger partial charge in [-0.3, -0.25) is 4.79 Å². The summed E-state index contributed by atoms with van der Waals surface area (Å²) >= 11 is 0. The van der Waals surface area contributed by atoms with Gasteiger partial charge in [0.25, 0.3) is 0 Å². The van der Waals surface area contributed by atoms with E-state index in [4.69, 9.17) is 16.2 Å². The summed E-state index contributed by atoms with van der Waals surface area (Å²) in [6.45, 7) is 3.74. The maximum absolute atomic E-state index is 11.0. The standard InChI is InChI=1S/C17H20N6O2/c1-3-13(9-10-14(25-2)11-15(18)24)23-16(19)21-17(22-23)20-12-7-5-4-6-8-12/h3-10H,1,11H2,2H3,(H2,18,24)(H3,19,20,21,22)/b13-9+,14-10+. The van der Waals surface area contributed by atoms with Crippen LogP contribution in [0.5, 0.6) is 0 Å². The van der Waals surface area contributed by atoms with Crippen LogP contribution in [-0.2, 0) is 9.53 Å². The van der Waals surface area contributed by atoms with Gasteiger partial charge in [0.15, 0.2) is 0 Å². The van der Waals surface area contributed by atoms with Crippen LogP contribution in [0, 0.1) is 0 Å². The molecule has 130 valence electrons. The van der Waals surface area contributed by atoms with Crippen LogP contribution >= 0.6 is 0 Å². The Morgan fingerprint density at radius 3 is 2.68 bits per heavy atom. The van der Waals surface area contributed by atoms with Crippen molar-refractivity contribution in [1.82, 2.24) is 14.8 Å². The lowest BCUT2D eigenvalue weighted by atomic mass is 10.3. The molecule has 1 aromatic carbocycles. The van der Waals surface area contributed by atoms with Crippen molar-refractivity contribution < 1.29 is 9.53 Å². The van der Waals surface area contributed by atoms with Crippen molar-refractivity contribution in [3.05, 3.63) is 60.9 Å². The summed E-state index contributed by atoms with van der Waals surface area (Å²) in [7, 11) is 1.46. The van der Waals surface area contributed by atoms with E-state index in [9.17, 15) is 4.79 Å². The Bertz CT molecular complexity index is 808. The molecule has 1 heterocycles. The molecule has 5 N–H and O–H groups in total. The van der Waals surface area contributed by atoms with E-state index in [2.05, 4.69) is 22.0 Å². The summed E-state index contributed by atoms with van der Waals surface area (Å²) in [6.07, 6.45) is 4.82. The van der Waals surface area contributed by atoms with Crippen LogP contribution in [0.15, 0.2) is 60.9 Å². The van der Waals surface area contributed by atoms with Crippen molar-refractivity contribution >= 4 is 29.2 Å². The Labute approximate surface area is 145 Å². The summed E-state index contributed by atoms with van der Waals surface area (Å²) in [5, 5.41) is 7.37. The number of aromatic nitrogens is 3. The molecule has 0 aliphatic heterocycles. The number of anilines is 3. The van der Waals surface area contributed by atoms with Gasteiger partial charge in [0.2, 0.25) is 17.8 Å². The van der Waals surface area contributed by atoms with Crippen LogP contribution in [0.3, 0.4) is 0 Å². The maximum atomic E-state index is 11.0. The van der Waals surface area contributed by atoms with E-state index < -0.39 is 5.91 Å². The number of methoxy groups -OCH3 is 1. The average molecular weight is 340 g/mol. The third-order valence-corrected chi connectivity index (χ3v) is 3.17. The zero-order valence-corrected chi connectivity index (χ0v) is 13.8. The number of nitrogens with one attached hydrogen (secondary N) is 1. The molecule has 0 fully saturated rings. The summed E-state index contributed by atoms with van der Waals surface area (Å²) in [6, 6.07) is 9.48. The number of nitrogens with two attached hydrogens (primary N) is 2. The first-order valence-electron chi connectivity index (χ1n) is 7.44. The molecule has 2 aromatic rings. The number of hydrogen-bond acceptors (Lipinski definition) is 6. The Morgan fingerprint density at radius 2 is 2.08 bits per heavy atom. The molecule has 8 heteroatoms. The van der Waals surface area contributed by atoms with Gasteiger partial charge in [-0.05, 0) is 30.4 Å². The van der Waals surface area contributed by atoms with E-state index in [0.29, 0.717) is 17.4 Å². The molecule has 0 saturated carbocycles. The number of carbonyl (C=O) groups excluding carboxylic acids is 1. The number of amides is 1. The van der Waals surface area contributed by atoms with Gasteiger partial charge in [-0.15, -0.1) is 5.10 Å². The van der Waals surface area contributed by atoms with Gasteiger partial charge in [0.1, 0.15) is 5.76 Å². The van der Waals surface area contributed by atoms with Crippen LogP contribution in [0.2, 0.25) is 0 Å². The molecule has 1 amide bonds. The number of nitrogen functional groups attached to an aromatic ring is 1. The minimum Gasteiger partial charge on any atom is -0.501 e. The second-order valence-electron chi connectivity index (χ2n) is 4.97. The molecule has 0 atom stereocenters. The number of rotatable bonds is 8. The van der Waals surface area contributed by atoms with E-state index in [1.54, 1.807) is 18.2 Å². The monoisotopic (exact) mass is 340 g/mol. The SMILES string of the molecule is C=C/C(=C\C=C(/CC(N)=O)OC)n1nc(Nc2ccccc2)nc1N. The number of hydrogen-bond donors (Lipinski definition) is 3. The fourth-order valence-electron chi connectivity index (χ4n) is 1.99. The molecule has 0 saturated heterocycles. The van der Waals surface area contributed by atoms with Gasteiger partial charge in [0, 0.05) is 5.69 Å². The molecule has 0 bridgehead atoms. The van der Waals surface area contributed by atoms with Crippen molar-refractivity contribution in [3.63, 3.8) is 0 Å². The van der Waals surface area contributed by atoms with Crippen molar-refractivity contribution in [2.75, 3.05) is 18.2 Å². The Kier molecular flexibility index (Phi) is 5.94. The molecule has 2 rings (SSSR count). The fourth-order valence-corrected chi connectivity index (χ4v) is 1.99. The lowest BCUT2D eigenvalue weighted by molar-refractivity contribution is -0.117. The van der Waals surface area contributed by atoms with Crippen molar-refractivity contribution in [3.8, 4) is 0 Å². The summed E-state index contributed by atoms with van der Waals surface area (Å²) in [5.74, 6) is 0.459. The van der Waals surface area contributed by atoms with Crippen LogP contribution in [0.4, 0.5) is 17.6 Å². The van der Waals surface area contributed by atoms with Gasteiger partial charge in [-0.2, -0.15) is 9.67 Å². The summed E-state index contributed by atoms with van der Waals surface area (Å²) in [4.78, 5) is 15.2. The van der Waals surface area contributed by atoms with Crippen molar-refractivity contribution in [2.24, 2.45) is 5.73 Å². The number of primary amides is 1. The molecule has 1 aromatic heterocycles. The smallest absolute Gasteiger partial charge is 0.248 e. The van der Waals surface area contributed by atoms with Gasteiger partial charge >= 0.3 is 0 Å². The molecule has 0 aliphatic rings. The van der Waals surface area contributed by atoms with Crippen molar-refractivity contribution in [2.45, 2.75) is 6.42 Å². The molecule has 0 unspecified atom stereocenters. The minimum atomic E-state index is -0.490. The number of carbonyl (C=O) groups is 1. The third-order valence-electron chi connectivity index (χ3n) is 3.17. The van der Waals surface area contributed by atoms with Gasteiger partial charge in [-0.25, -0.2) is 0 Å². The average Bonchev–Trinajstić information content (AvgIpc) is 2.95. The summed E-state index contributed by atoms with van der Waals surface area (Å²) in [5.41, 5.74) is 12.5. The topological polar surface area (TPSA) is 121 Å². The zero-order valence-electron chi connectivity index (χ0n) is 13.8. The first kappa shape index (κ1) is 17.8. The number of nitrogens with zero attached hydrogens (tertiary/aromatic N) is 3. The lowest BCUT2D eigenvalue weighted by Gasteiger charge is -2.04. The van der Waals surface area contributed by atoms with E-state index >= 15 is 0 Å². The first-order chi connectivity index (χ1) is 12.0. The van der Waals surface area contributed by atoms with Crippen LogP contribution in [0.1, 0.15) is 6.42 Å². The maximum Gasteiger partial charge on any atom is 0.248 e. The van der Waals surface area contributed by atoms with Gasteiger partial charge < -0.3 is 21.5 Å². The number of allylic oxidation sites excluding steroid dienone is 4. The van der Waals surface area contributed by atoms with E-state index in [-0.39, 0.29) is 12.4 Å². The predicted octanol–water partition coefficient (Wildman–Crippen LogP) is 2.04. The highest BCUT2D eigenvalue weighted by molar-refractivity contribution is 5.76. The largest absolute Gasteiger partial charge is 0.501 e. The first-order valence-corrected chi connectivity index (χ1v) is 7.44. The molecular formula is C17H20N6O2. The van der Waals surface area contributed by atoms with E-state index in [0.717, 1.165) is 5.69 Å². The Morgan fingerprint density at radius 1 is 1.36 bits per heavy atom. The number of ether oxygens (including phenoxy) is 1. The highest BCUT2D eigenvalue weighted by Crippen LogP contribution is 2.17. The normalized spacial score (nSPS) is 11.9. The third kappa shape index (κ3) is 4.96. The van der Waals surface area contributed by atoms with Crippen LogP contribution < -0.4 is 16.8 Å². The molecular weight excluding hydrogens is 320 g/mol. The minimum absolute atomic E-state index is 0.00885. The van der Waals surface area contributed by atoms with Crippen molar-refractivity contribution in [1.29, 1.82) is 0 Å². The molecule has 0 aliphatic carbocycles. The molecule has 25 heavy (non-hydrogen) atoms. The van der Waals surface area contributed by atoms with Gasteiger partial charge in [-0.1, -0.05) is 24.8 Å². The second-order valence-corrected chi connectivity index (χ2v) is 4.97. The number of benzene rings is 1. The fraction of sp³-hybridized carbons (Fsp3) is 0.118. The molecule has 8 nitrogen and oxygen atoms in total.